The Morgan fingerprint density at radius 3 is 2.40 bits per heavy atom. The second-order valence-corrected chi connectivity index (χ2v) is 6.40. The van der Waals surface area contributed by atoms with Crippen LogP contribution in [0, 0.1) is 0 Å². The van der Waals surface area contributed by atoms with Crippen LogP contribution in [0.25, 0.3) is 0 Å². The minimum absolute atomic E-state index is 0.130. The van der Waals surface area contributed by atoms with Crippen molar-refractivity contribution in [1.29, 1.82) is 0 Å². The molecule has 0 amide bonds. The summed E-state index contributed by atoms with van der Waals surface area (Å²) in [5, 5.41) is 7.68. The maximum Gasteiger partial charge on any atom is 0.138 e. The minimum atomic E-state index is 0.130. The highest BCUT2D eigenvalue weighted by Crippen LogP contribution is 2.25. The van der Waals surface area contributed by atoms with Gasteiger partial charge in [0.15, 0.2) is 0 Å². The van der Waals surface area contributed by atoms with Crippen molar-refractivity contribution in [3.8, 4) is 0 Å². The van der Waals surface area contributed by atoms with Crippen molar-refractivity contribution < 1.29 is 0 Å². The Kier molecular flexibility index (Phi) is 5.16. The molecule has 2 heterocycles. The van der Waals surface area contributed by atoms with Crippen LogP contribution >= 0.6 is 0 Å². The SMILES string of the molecule is CNC(Cc1ncnn1C)C(C)(C)N1CCCCCC1. The van der Waals surface area contributed by atoms with E-state index in [1.807, 2.05) is 11.7 Å². The van der Waals surface area contributed by atoms with E-state index >= 15 is 0 Å². The predicted octanol–water partition coefficient (Wildman–Crippen LogP) is 1.60. The fourth-order valence-electron chi connectivity index (χ4n) is 3.26. The molecule has 0 aromatic carbocycles. The van der Waals surface area contributed by atoms with E-state index < -0.39 is 0 Å². The Hall–Kier alpha value is -0.940. The molecule has 0 aliphatic carbocycles. The topological polar surface area (TPSA) is 46.0 Å². The summed E-state index contributed by atoms with van der Waals surface area (Å²) in [7, 11) is 4.02. The number of likely N-dealkylation sites (tertiary alicyclic amines) is 1. The quantitative estimate of drug-likeness (QED) is 0.889. The molecule has 0 spiro atoms. The van der Waals surface area contributed by atoms with Gasteiger partial charge >= 0.3 is 0 Å². The largest absolute Gasteiger partial charge is 0.315 e. The molecule has 0 saturated carbocycles. The number of rotatable bonds is 5. The number of aromatic nitrogens is 3. The lowest BCUT2D eigenvalue weighted by molar-refractivity contribution is 0.0854. The molecule has 114 valence electrons. The van der Waals surface area contributed by atoms with Crippen molar-refractivity contribution in [3.05, 3.63) is 12.2 Å². The fraction of sp³-hybridized carbons (Fsp3) is 0.867. The van der Waals surface area contributed by atoms with E-state index in [0.717, 1.165) is 12.2 Å². The lowest BCUT2D eigenvalue weighted by atomic mass is 9.89. The maximum atomic E-state index is 4.37. The Bertz CT molecular complexity index is 404. The first kappa shape index (κ1) is 15.4. The average molecular weight is 279 g/mol. The highest BCUT2D eigenvalue weighted by molar-refractivity contribution is 5.00. The van der Waals surface area contributed by atoms with Gasteiger partial charge in [0.25, 0.3) is 0 Å². The van der Waals surface area contributed by atoms with E-state index in [4.69, 9.17) is 0 Å². The molecule has 1 aliphatic heterocycles. The maximum absolute atomic E-state index is 4.37. The normalized spacial score (nSPS) is 19.8. The summed E-state index contributed by atoms with van der Waals surface area (Å²) < 4.78 is 1.88. The van der Waals surface area contributed by atoms with Crippen LogP contribution in [0.3, 0.4) is 0 Å². The first-order valence-corrected chi connectivity index (χ1v) is 7.81. The third-order valence-electron chi connectivity index (χ3n) is 4.81. The van der Waals surface area contributed by atoms with Crippen molar-refractivity contribution in [3.63, 3.8) is 0 Å². The number of nitrogens with one attached hydrogen (secondary N) is 1. The third kappa shape index (κ3) is 3.38. The van der Waals surface area contributed by atoms with E-state index in [1.165, 1.54) is 38.8 Å². The van der Waals surface area contributed by atoms with E-state index in [2.05, 4.69) is 41.2 Å². The molecule has 20 heavy (non-hydrogen) atoms. The van der Waals surface area contributed by atoms with Crippen LogP contribution in [0.5, 0.6) is 0 Å². The van der Waals surface area contributed by atoms with Gasteiger partial charge < -0.3 is 5.32 Å². The van der Waals surface area contributed by atoms with Crippen molar-refractivity contribution >= 4 is 0 Å². The first-order valence-electron chi connectivity index (χ1n) is 7.81. The summed E-state index contributed by atoms with van der Waals surface area (Å²) in [4.78, 5) is 7.02. The van der Waals surface area contributed by atoms with Gasteiger partial charge in [0.05, 0.1) is 0 Å². The molecular formula is C15H29N5. The zero-order valence-electron chi connectivity index (χ0n) is 13.4. The van der Waals surface area contributed by atoms with Crippen LogP contribution in [0.2, 0.25) is 0 Å². The molecule has 1 aromatic rings. The second kappa shape index (κ2) is 6.68. The van der Waals surface area contributed by atoms with Crippen LogP contribution in [0.4, 0.5) is 0 Å². The van der Waals surface area contributed by atoms with E-state index in [-0.39, 0.29) is 5.54 Å². The smallest absolute Gasteiger partial charge is 0.138 e. The molecule has 1 saturated heterocycles. The molecule has 2 rings (SSSR count). The Morgan fingerprint density at radius 1 is 1.25 bits per heavy atom. The van der Waals surface area contributed by atoms with Crippen LogP contribution in [-0.2, 0) is 13.5 Å². The monoisotopic (exact) mass is 279 g/mol. The molecule has 5 nitrogen and oxygen atoms in total. The van der Waals surface area contributed by atoms with Gasteiger partial charge in [-0.3, -0.25) is 9.58 Å². The number of nitrogens with zero attached hydrogens (tertiary/aromatic N) is 4. The molecule has 1 fully saturated rings. The van der Waals surface area contributed by atoms with Gasteiger partial charge in [-0.1, -0.05) is 12.8 Å². The third-order valence-corrected chi connectivity index (χ3v) is 4.81. The number of likely N-dealkylation sites (N-methyl/N-ethyl adjacent to an activating group) is 1. The number of hydrogen-bond donors (Lipinski definition) is 1. The zero-order valence-corrected chi connectivity index (χ0v) is 13.4. The Morgan fingerprint density at radius 2 is 1.90 bits per heavy atom. The highest BCUT2D eigenvalue weighted by Gasteiger charge is 2.35. The zero-order chi connectivity index (χ0) is 14.6. The summed E-state index contributed by atoms with van der Waals surface area (Å²) in [6.45, 7) is 7.14. The molecular weight excluding hydrogens is 250 g/mol. The average Bonchev–Trinajstić information content (AvgIpc) is 2.69. The van der Waals surface area contributed by atoms with Gasteiger partial charge in [-0.25, -0.2) is 4.98 Å². The lowest BCUT2D eigenvalue weighted by Gasteiger charge is -2.43. The lowest BCUT2D eigenvalue weighted by Crippen LogP contribution is -2.58. The summed E-state index contributed by atoms with van der Waals surface area (Å²) in [6, 6.07) is 0.378. The number of hydrogen-bond acceptors (Lipinski definition) is 4. The summed E-state index contributed by atoms with van der Waals surface area (Å²) in [6.07, 6.45) is 7.95. The Labute approximate surface area is 122 Å². The second-order valence-electron chi connectivity index (χ2n) is 6.40. The molecule has 0 radical (unpaired) electrons. The highest BCUT2D eigenvalue weighted by atomic mass is 15.3. The molecule has 1 unspecified atom stereocenters. The van der Waals surface area contributed by atoms with Crippen molar-refractivity contribution in [2.45, 2.75) is 57.5 Å². The molecule has 5 heteroatoms. The Balaban J connectivity index is 2.09. The van der Waals surface area contributed by atoms with Gasteiger partial charge in [-0.2, -0.15) is 5.10 Å². The summed E-state index contributed by atoms with van der Waals surface area (Å²) >= 11 is 0. The first-order chi connectivity index (χ1) is 9.55. The fourth-order valence-corrected chi connectivity index (χ4v) is 3.26. The molecule has 1 aromatic heterocycles. The minimum Gasteiger partial charge on any atom is -0.315 e. The van der Waals surface area contributed by atoms with Crippen molar-refractivity contribution in [1.82, 2.24) is 25.0 Å². The van der Waals surface area contributed by atoms with Crippen molar-refractivity contribution in [2.24, 2.45) is 7.05 Å². The van der Waals surface area contributed by atoms with Gasteiger partial charge in [0.2, 0.25) is 0 Å². The van der Waals surface area contributed by atoms with Crippen molar-refractivity contribution in [2.75, 3.05) is 20.1 Å². The summed E-state index contributed by atoms with van der Waals surface area (Å²) in [5.74, 6) is 1.05. The van der Waals surface area contributed by atoms with Crippen LogP contribution in [-0.4, -0.2) is 51.4 Å². The van der Waals surface area contributed by atoms with Crippen LogP contribution in [0.1, 0.15) is 45.4 Å². The van der Waals surface area contributed by atoms with Gasteiger partial charge in [0, 0.05) is 25.0 Å². The molecule has 1 N–H and O–H groups in total. The van der Waals surface area contributed by atoms with Gasteiger partial charge in [-0.05, 0) is 46.8 Å². The van der Waals surface area contributed by atoms with Crippen LogP contribution in [0.15, 0.2) is 6.33 Å². The van der Waals surface area contributed by atoms with E-state index in [0.29, 0.717) is 6.04 Å². The van der Waals surface area contributed by atoms with E-state index in [1.54, 1.807) is 6.33 Å². The molecule has 1 atom stereocenters. The standard InChI is InChI=1S/C15H29N5/c1-15(2,20-9-7-5-6-8-10-20)13(16-3)11-14-17-12-18-19(14)4/h12-13,16H,5-11H2,1-4H3. The van der Waals surface area contributed by atoms with Gasteiger partial charge in [0.1, 0.15) is 12.2 Å². The van der Waals surface area contributed by atoms with E-state index in [9.17, 15) is 0 Å². The van der Waals surface area contributed by atoms with Crippen LogP contribution < -0.4 is 5.32 Å². The van der Waals surface area contributed by atoms with Gasteiger partial charge in [-0.15, -0.1) is 0 Å². The number of aryl methyl sites for hydroxylation is 1. The molecule has 1 aliphatic rings. The predicted molar refractivity (Wildman–Crippen MR) is 81.7 cm³/mol. The molecule has 0 bridgehead atoms. The summed E-state index contributed by atoms with van der Waals surface area (Å²) in [5.41, 5.74) is 0.130.